The number of amides is 1. The number of fused-ring (bicyclic) bond motifs is 2. The molecule has 2 aromatic carbocycles. The maximum absolute atomic E-state index is 13.0. The number of nitrogens with one attached hydrogen (secondary N) is 2. The highest BCUT2D eigenvalue weighted by atomic mass is 16.5. The summed E-state index contributed by atoms with van der Waals surface area (Å²) in [5.74, 6) is -7.07. The lowest BCUT2D eigenvalue weighted by Gasteiger charge is -2.23. The lowest BCUT2D eigenvalue weighted by molar-refractivity contribution is -0.152. The highest BCUT2D eigenvalue weighted by Crippen LogP contribution is 2.32. The average molecular weight is 498 g/mol. The summed E-state index contributed by atoms with van der Waals surface area (Å²) in [6.45, 7) is 0.216. The van der Waals surface area contributed by atoms with Crippen LogP contribution in [0.25, 0.3) is 0 Å². The zero-order chi connectivity index (χ0) is 26.4. The number of aliphatic carboxylic acids is 2. The maximum Gasteiger partial charge on any atom is 0.347 e. The lowest BCUT2D eigenvalue weighted by Crippen LogP contribution is -2.37. The summed E-state index contributed by atoms with van der Waals surface area (Å²) in [5, 5.41) is 28.6. The van der Waals surface area contributed by atoms with Crippen LogP contribution in [0.4, 0.5) is 5.69 Å². The minimum absolute atomic E-state index is 0.141. The van der Waals surface area contributed by atoms with Gasteiger partial charge in [-0.05, 0) is 48.6 Å². The van der Waals surface area contributed by atoms with E-state index < -0.39 is 42.1 Å². The molecule has 0 bridgehead atoms. The first-order chi connectivity index (χ1) is 17.1. The number of carboxylic acid groups (broad SMARTS) is 2. The zero-order valence-electron chi connectivity index (χ0n) is 19.2. The Hall–Kier alpha value is -4.61. The van der Waals surface area contributed by atoms with Gasteiger partial charge in [0.2, 0.25) is 5.91 Å². The van der Waals surface area contributed by atoms with E-state index in [4.69, 9.17) is 31.5 Å². The fourth-order valence-corrected chi connectivity index (χ4v) is 4.08. The molecule has 1 amide bonds. The standard InChI is InChI=1S/C24H26N4O8/c25-21(31)16(17(22(32)33)11-20(29)30)9-12-3-1-5-18-14(12)4-2-8-35-19-10-13(28-24(26)27)6-7-15(19)23(34)36-18/h1,3,5-7,10,16-17H,2,4,8-9,11H2,(H2,25,31)(H,29,30)(H,32,33)(H4,26,27,28)/t16?,17-/m0/s1. The van der Waals surface area contributed by atoms with Gasteiger partial charge in [0.1, 0.15) is 17.1 Å². The van der Waals surface area contributed by atoms with Crippen LogP contribution in [0.2, 0.25) is 0 Å². The highest BCUT2D eigenvalue weighted by Gasteiger charge is 2.35. The number of hydrogen-bond acceptors (Lipinski definition) is 7. The molecule has 2 aromatic rings. The fraction of sp³-hybridized carbons (Fsp3) is 0.292. The molecule has 12 heteroatoms. The van der Waals surface area contributed by atoms with Gasteiger partial charge in [0.15, 0.2) is 5.96 Å². The second kappa shape index (κ2) is 11.2. The van der Waals surface area contributed by atoms with E-state index in [1.165, 1.54) is 12.1 Å². The number of ether oxygens (including phenoxy) is 2. The van der Waals surface area contributed by atoms with E-state index in [2.05, 4.69) is 5.32 Å². The van der Waals surface area contributed by atoms with Gasteiger partial charge in [-0.1, -0.05) is 12.1 Å². The van der Waals surface area contributed by atoms with Crippen LogP contribution in [0.3, 0.4) is 0 Å². The van der Waals surface area contributed by atoms with Crippen LogP contribution in [-0.4, -0.2) is 46.6 Å². The van der Waals surface area contributed by atoms with Crippen molar-refractivity contribution in [2.45, 2.75) is 25.7 Å². The monoisotopic (exact) mass is 498 g/mol. The molecule has 1 aliphatic rings. The summed E-state index contributed by atoms with van der Waals surface area (Å²) < 4.78 is 11.4. The van der Waals surface area contributed by atoms with Crippen LogP contribution >= 0.6 is 0 Å². The van der Waals surface area contributed by atoms with Gasteiger partial charge in [-0.25, -0.2) is 4.79 Å². The van der Waals surface area contributed by atoms with Crippen molar-refractivity contribution in [1.82, 2.24) is 0 Å². The van der Waals surface area contributed by atoms with E-state index >= 15 is 0 Å². The van der Waals surface area contributed by atoms with Gasteiger partial charge in [0, 0.05) is 11.8 Å². The van der Waals surface area contributed by atoms with Crippen molar-refractivity contribution in [2.24, 2.45) is 23.3 Å². The van der Waals surface area contributed by atoms with Crippen LogP contribution in [0.1, 0.15) is 34.3 Å². The van der Waals surface area contributed by atoms with Crippen LogP contribution in [0, 0.1) is 17.2 Å². The Morgan fingerprint density at radius 2 is 1.83 bits per heavy atom. The predicted molar refractivity (Wildman–Crippen MR) is 127 cm³/mol. The molecule has 0 radical (unpaired) electrons. The third kappa shape index (κ3) is 6.29. The van der Waals surface area contributed by atoms with E-state index in [9.17, 15) is 24.3 Å². The van der Waals surface area contributed by atoms with Crippen molar-refractivity contribution in [3.8, 4) is 11.5 Å². The van der Waals surface area contributed by atoms with Crippen LogP contribution in [0.15, 0.2) is 36.4 Å². The first-order valence-electron chi connectivity index (χ1n) is 11.0. The second-order valence-corrected chi connectivity index (χ2v) is 8.24. The third-order valence-corrected chi connectivity index (χ3v) is 5.74. The number of carboxylic acids is 2. The highest BCUT2D eigenvalue weighted by molar-refractivity contribution is 5.96. The van der Waals surface area contributed by atoms with Gasteiger partial charge in [-0.15, -0.1) is 0 Å². The van der Waals surface area contributed by atoms with E-state index in [0.29, 0.717) is 29.7 Å². The molecule has 190 valence electrons. The van der Waals surface area contributed by atoms with E-state index in [1.807, 2.05) is 0 Å². The number of anilines is 1. The third-order valence-electron chi connectivity index (χ3n) is 5.74. The Morgan fingerprint density at radius 3 is 2.47 bits per heavy atom. The molecule has 0 fully saturated rings. The number of benzene rings is 2. The molecule has 1 aliphatic heterocycles. The maximum atomic E-state index is 13.0. The Labute approximate surface area is 205 Å². The summed E-state index contributed by atoms with van der Waals surface area (Å²) in [5.41, 5.74) is 12.5. The van der Waals surface area contributed by atoms with E-state index in [-0.39, 0.29) is 36.0 Å². The molecule has 8 N–H and O–H groups in total. The molecule has 0 saturated heterocycles. The summed E-state index contributed by atoms with van der Waals surface area (Å²) in [4.78, 5) is 48.0. The predicted octanol–water partition coefficient (Wildman–Crippen LogP) is 1.36. The smallest absolute Gasteiger partial charge is 0.347 e. The number of primary amides is 1. The normalized spacial score (nSPS) is 14.6. The van der Waals surface area contributed by atoms with Crippen molar-refractivity contribution in [3.05, 3.63) is 53.1 Å². The Morgan fingerprint density at radius 1 is 1.08 bits per heavy atom. The van der Waals surface area contributed by atoms with Crippen molar-refractivity contribution in [1.29, 1.82) is 5.41 Å². The number of esters is 1. The Kier molecular flexibility index (Phi) is 8.10. The van der Waals surface area contributed by atoms with Gasteiger partial charge < -0.3 is 36.5 Å². The quantitative estimate of drug-likeness (QED) is 0.133. The number of guanidine groups is 1. The van der Waals surface area contributed by atoms with Crippen molar-refractivity contribution < 1.29 is 38.9 Å². The second-order valence-electron chi connectivity index (χ2n) is 8.24. The summed E-state index contributed by atoms with van der Waals surface area (Å²) in [7, 11) is 0. The molecule has 3 rings (SSSR count). The molecule has 0 spiro atoms. The number of carbonyl (C=O) groups excluding carboxylic acids is 2. The summed E-state index contributed by atoms with van der Waals surface area (Å²) >= 11 is 0. The van der Waals surface area contributed by atoms with E-state index in [0.717, 1.165) is 0 Å². The lowest BCUT2D eigenvalue weighted by atomic mass is 9.82. The van der Waals surface area contributed by atoms with Gasteiger partial charge in [0.25, 0.3) is 0 Å². The molecule has 1 unspecified atom stereocenters. The molecular formula is C24H26N4O8. The number of carbonyl (C=O) groups is 4. The van der Waals surface area contributed by atoms with Gasteiger partial charge in [-0.3, -0.25) is 19.8 Å². The largest absolute Gasteiger partial charge is 0.493 e. The Bertz CT molecular complexity index is 1210. The van der Waals surface area contributed by atoms with Gasteiger partial charge in [0.05, 0.1) is 24.9 Å². The molecule has 2 atom stereocenters. The molecule has 0 aromatic heterocycles. The van der Waals surface area contributed by atoms with Gasteiger partial charge in [-0.2, -0.15) is 0 Å². The fourth-order valence-electron chi connectivity index (χ4n) is 4.08. The average Bonchev–Trinajstić information content (AvgIpc) is 2.79. The van der Waals surface area contributed by atoms with Crippen LogP contribution < -0.4 is 26.3 Å². The van der Waals surface area contributed by atoms with Crippen LogP contribution in [-0.2, 0) is 27.2 Å². The number of hydrogen-bond donors (Lipinski definition) is 6. The zero-order valence-corrected chi connectivity index (χ0v) is 19.2. The van der Waals surface area contributed by atoms with Crippen molar-refractivity contribution in [3.63, 3.8) is 0 Å². The van der Waals surface area contributed by atoms with Crippen molar-refractivity contribution >= 4 is 35.5 Å². The minimum Gasteiger partial charge on any atom is -0.493 e. The first-order valence-corrected chi connectivity index (χ1v) is 11.0. The van der Waals surface area contributed by atoms with E-state index in [1.54, 1.807) is 24.3 Å². The molecular weight excluding hydrogens is 472 g/mol. The summed E-state index contributed by atoms with van der Waals surface area (Å²) in [6.07, 6.45) is -0.0678. The first kappa shape index (κ1) is 26.0. The number of nitrogens with two attached hydrogens (primary N) is 2. The molecule has 36 heavy (non-hydrogen) atoms. The molecule has 0 saturated carbocycles. The molecule has 0 aliphatic carbocycles. The molecule has 12 nitrogen and oxygen atoms in total. The van der Waals surface area contributed by atoms with Gasteiger partial charge >= 0.3 is 17.9 Å². The SMILES string of the molecule is N=C(N)Nc1ccc2c(c1)OCCCc1c(CC(C(N)=O)[C@H](CC(=O)O)C(=O)O)cccc1OC2=O. The molecule has 1 heterocycles. The topological polar surface area (TPSA) is 215 Å². The minimum atomic E-state index is -1.52. The number of rotatable bonds is 8. The Balaban J connectivity index is 1.95. The van der Waals surface area contributed by atoms with Crippen molar-refractivity contribution in [2.75, 3.05) is 11.9 Å². The van der Waals surface area contributed by atoms with Crippen LogP contribution in [0.5, 0.6) is 11.5 Å². The summed E-state index contributed by atoms with van der Waals surface area (Å²) in [6, 6.07) is 9.37.